The van der Waals surface area contributed by atoms with Crippen LogP contribution in [-0.2, 0) is 35.8 Å². The number of hydrogen-bond acceptors (Lipinski definition) is 9. The molecule has 2 aliphatic heterocycles. The van der Waals surface area contributed by atoms with E-state index in [0.717, 1.165) is 96.8 Å². The largest absolute Gasteiger partial charge is 0.427 e. The molecule has 18 nitrogen and oxygen atoms in total. The maximum atomic E-state index is 11.1. The number of pyridine rings is 6. The van der Waals surface area contributed by atoms with Crippen molar-refractivity contribution in [2.75, 3.05) is 0 Å². The molecule has 0 amide bonds. The number of fused-ring (bicyclic) bond motifs is 6. The third-order valence-corrected chi connectivity index (χ3v) is 14.2. The van der Waals surface area contributed by atoms with Crippen LogP contribution in [0.2, 0.25) is 0 Å². The fourth-order valence-electron chi connectivity index (χ4n) is 9.39. The lowest BCUT2D eigenvalue weighted by Crippen LogP contribution is -2.05. The SMILES string of the molecule is CCC.CCC(C)=O.CCn1c(C)c(C)c2ccc(C)nc21.CCn1cc(C)c2ccc(C)nc21.Cc1cnc2n(O)cccc1-2.[C-]#[N+]c1ccc2c(C)c[nH]c2n1.[C-]#[N+]c1ccc2c(C)cn(CC(C)=O)c2n1.[C-]#[N+]c1ccc2c(C)cn(CC)c2n1. The van der Waals surface area contributed by atoms with Crippen molar-refractivity contribution in [1.29, 1.82) is 0 Å². The molecule has 2 aliphatic rings. The number of aromatic nitrogens is 12. The number of nitrogens with zero attached hydrogens (tertiary/aromatic N) is 14. The topological polar surface area (TPSA) is 185 Å². The lowest BCUT2D eigenvalue weighted by atomic mass is 10.2. The highest BCUT2D eigenvalue weighted by Gasteiger charge is 2.14. The van der Waals surface area contributed by atoms with Crippen molar-refractivity contribution in [1.82, 2.24) is 57.9 Å². The van der Waals surface area contributed by atoms with Gasteiger partial charge in [-0.25, -0.2) is 15.0 Å². The molecule has 88 heavy (non-hydrogen) atoms. The number of ketones is 2. The first-order valence-electron chi connectivity index (χ1n) is 29.5. The van der Waals surface area contributed by atoms with Gasteiger partial charge in [0.1, 0.15) is 22.9 Å². The quantitative estimate of drug-likeness (QED) is 0.121. The van der Waals surface area contributed by atoms with Gasteiger partial charge in [0.25, 0.3) is 17.5 Å². The van der Waals surface area contributed by atoms with Gasteiger partial charge in [-0.1, -0.05) is 65.1 Å². The molecule has 18 heteroatoms. The zero-order valence-electron chi connectivity index (χ0n) is 54.2. The van der Waals surface area contributed by atoms with E-state index >= 15 is 0 Å². The lowest BCUT2D eigenvalue weighted by Gasteiger charge is -2.02. The predicted molar refractivity (Wildman–Crippen MR) is 357 cm³/mol. The molecule has 0 radical (unpaired) electrons. The van der Waals surface area contributed by atoms with Gasteiger partial charge in [0.2, 0.25) is 16.9 Å². The average molecular weight is 1180 g/mol. The van der Waals surface area contributed by atoms with Crippen molar-refractivity contribution in [2.24, 2.45) is 0 Å². The highest BCUT2D eigenvalue weighted by atomic mass is 16.5. The number of H-pyrrole nitrogens is 1. The van der Waals surface area contributed by atoms with Crippen LogP contribution in [0, 0.1) is 82.0 Å². The molecule has 10 aromatic rings. The summed E-state index contributed by atoms with van der Waals surface area (Å²) in [4.78, 5) is 59.6. The van der Waals surface area contributed by atoms with E-state index in [1.54, 1.807) is 55.1 Å². The Labute approximate surface area is 517 Å². The number of carbonyl (C=O) groups is 2. The first-order valence-corrected chi connectivity index (χ1v) is 29.5. The third kappa shape index (κ3) is 17.2. The van der Waals surface area contributed by atoms with Crippen LogP contribution in [0.3, 0.4) is 0 Å². The zero-order chi connectivity index (χ0) is 64.9. The van der Waals surface area contributed by atoms with E-state index in [1.165, 1.54) is 39.6 Å². The van der Waals surface area contributed by atoms with E-state index in [0.29, 0.717) is 41.9 Å². The Hall–Kier alpha value is -10.3. The predicted octanol–water partition coefficient (Wildman–Crippen LogP) is 17.4. The van der Waals surface area contributed by atoms with Gasteiger partial charge in [0.15, 0.2) is 5.82 Å². The molecule has 0 aliphatic carbocycles. The van der Waals surface area contributed by atoms with E-state index in [2.05, 4.69) is 162 Å². The molecule has 12 heterocycles. The summed E-state index contributed by atoms with van der Waals surface area (Å²) in [6.07, 6.45) is 13.3. The van der Waals surface area contributed by atoms with Crippen LogP contribution in [-0.4, -0.2) is 74.7 Å². The molecular formula is C70H83N15O3. The van der Waals surface area contributed by atoms with E-state index in [-0.39, 0.29) is 11.6 Å². The molecule has 2 N–H and O–H groups in total. The van der Waals surface area contributed by atoms with Crippen LogP contribution < -0.4 is 0 Å². The summed E-state index contributed by atoms with van der Waals surface area (Å²) >= 11 is 0. The second-order valence-electron chi connectivity index (χ2n) is 21.2. The summed E-state index contributed by atoms with van der Waals surface area (Å²) < 4.78 is 9.36. The van der Waals surface area contributed by atoms with Gasteiger partial charge in [-0.05, 0) is 185 Å². The normalized spacial score (nSPS) is 10.2. The van der Waals surface area contributed by atoms with Gasteiger partial charge in [-0.3, -0.25) is 4.79 Å². The van der Waals surface area contributed by atoms with Crippen molar-refractivity contribution in [3.63, 3.8) is 0 Å². The molecule has 0 unspecified atom stereocenters. The molecule has 12 rings (SSSR count). The molecule has 0 aromatic carbocycles. The molecule has 0 saturated heterocycles. The minimum absolute atomic E-state index is 0.0758. The van der Waals surface area contributed by atoms with Gasteiger partial charge < -0.3 is 47.8 Å². The standard InChI is InChI=1S/C12H11N3O.C12H16N2.C11H11N3.C11H14N2.C9H7N3.C8H8N2O.C4H8O.C3H8/c1-8-6-15(7-9(2)16)12-10(8)4-5-11(13-3)14-12;1-5-14-10(4)9(3)11-7-6-8(2)13-12(11)14;1-4-14-7-8(2)9-5-6-10(12-3)13-11(9)14;1-4-13-7-8(2)10-6-5-9(3)12-11(10)13;1-6-5-11-9-7(6)3-4-8(10-2)12-9;1-6-5-9-8-7(6)3-2-4-10(8)11;1-3-4(2)5;1-3-2/h4-6H,7H2,1-2H3;6-7H,5H2,1-4H3;5-7H,4H2,1-2H3;5-7H,4H2,1-3H3;3-5H,1H3,(H,11,12);2-5,11H,1H3;3H2,1-2H3;3H2,1-2H3. The molecule has 0 atom stereocenters. The van der Waals surface area contributed by atoms with Crippen LogP contribution in [0.15, 0.2) is 110 Å². The second-order valence-corrected chi connectivity index (χ2v) is 21.2. The molecule has 456 valence electrons. The molecule has 0 bridgehead atoms. The first kappa shape index (κ1) is 68.5. The molecule has 0 spiro atoms. The van der Waals surface area contributed by atoms with Crippen molar-refractivity contribution in [2.45, 2.75) is 157 Å². The van der Waals surface area contributed by atoms with E-state index in [1.807, 2.05) is 78.2 Å². The van der Waals surface area contributed by atoms with Crippen molar-refractivity contribution >= 4 is 84.2 Å². The minimum atomic E-state index is 0.0758. The summed E-state index contributed by atoms with van der Waals surface area (Å²) in [6.45, 7) is 57.9. The minimum Gasteiger partial charge on any atom is -0.427 e. The van der Waals surface area contributed by atoms with Crippen LogP contribution in [0.25, 0.3) is 81.1 Å². The number of aryl methyl sites for hydroxylation is 11. The fraction of sp³-hybridized carbons (Fsp3) is 0.329. The fourth-order valence-corrected chi connectivity index (χ4v) is 9.39. The second kappa shape index (κ2) is 32.3. The number of nitrogens with one attached hydrogen (secondary N) is 1. The monoisotopic (exact) mass is 1180 g/mol. The number of Topliss-reactive ketones (excluding diaryl/α,β-unsaturated/α-hetero) is 2. The lowest BCUT2D eigenvalue weighted by molar-refractivity contribution is -0.118. The average Bonchev–Trinajstić information content (AvgIpc) is 3.12. The van der Waals surface area contributed by atoms with Gasteiger partial charge >= 0.3 is 0 Å². The summed E-state index contributed by atoms with van der Waals surface area (Å²) in [7, 11) is 0. The zero-order valence-corrected chi connectivity index (χ0v) is 54.2. The van der Waals surface area contributed by atoms with Gasteiger partial charge in [0, 0.05) is 113 Å². The third-order valence-electron chi connectivity index (χ3n) is 14.2. The van der Waals surface area contributed by atoms with Crippen molar-refractivity contribution in [3.8, 4) is 11.4 Å². The summed E-state index contributed by atoms with van der Waals surface area (Å²) in [5, 5.41) is 15.0. The van der Waals surface area contributed by atoms with Crippen molar-refractivity contribution in [3.05, 3.63) is 195 Å². The van der Waals surface area contributed by atoms with Crippen LogP contribution in [0.4, 0.5) is 17.5 Å². The van der Waals surface area contributed by atoms with Crippen LogP contribution in [0.1, 0.15) is 119 Å². The van der Waals surface area contributed by atoms with Gasteiger partial charge in [0.05, 0.1) is 6.54 Å². The smallest absolute Gasteiger partial charge is 0.271 e. The molecule has 0 fully saturated rings. The van der Waals surface area contributed by atoms with E-state index in [9.17, 15) is 14.8 Å². The Bertz CT molecular complexity index is 4430. The highest BCUT2D eigenvalue weighted by molar-refractivity contribution is 5.86. The number of aromatic amines is 1. The summed E-state index contributed by atoms with van der Waals surface area (Å²) in [5.41, 5.74) is 16.4. The Kier molecular flexibility index (Phi) is 25.2. The number of rotatable bonds is 6. The Balaban J connectivity index is 0.000000188. The highest BCUT2D eigenvalue weighted by Crippen LogP contribution is 2.27. The summed E-state index contributed by atoms with van der Waals surface area (Å²) in [6, 6.07) is 23.1. The van der Waals surface area contributed by atoms with E-state index in [4.69, 9.17) is 19.7 Å². The van der Waals surface area contributed by atoms with E-state index < -0.39 is 0 Å². The summed E-state index contributed by atoms with van der Waals surface area (Å²) in [5.74, 6) is 2.20. The Morgan fingerprint density at radius 2 is 0.966 bits per heavy atom. The van der Waals surface area contributed by atoms with Gasteiger partial charge in [-0.2, -0.15) is 4.73 Å². The molecule has 0 saturated carbocycles. The Morgan fingerprint density at radius 3 is 1.43 bits per heavy atom. The molecule has 10 aromatic heterocycles. The van der Waals surface area contributed by atoms with Crippen molar-refractivity contribution < 1.29 is 14.8 Å². The van der Waals surface area contributed by atoms with Crippen LogP contribution >= 0.6 is 0 Å². The van der Waals surface area contributed by atoms with Gasteiger partial charge in [-0.15, -0.1) is 15.0 Å². The molecular weight excluding hydrogens is 1100 g/mol. The maximum absolute atomic E-state index is 11.1. The first-order chi connectivity index (χ1) is 42.0. The number of hydrogen-bond donors (Lipinski definition) is 2. The maximum Gasteiger partial charge on any atom is 0.271 e. The van der Waals surface area contributed by atoms with Crippen LogP contribution in [0.5, 0.6) is 0 Å². The number of carbonyl (C=O) groups excluding carboxylic acids is 2. The Morgan fingerprint density at radius 1 is 0.523 bits per heavy atom.